The van der Waals surface area contributed by atoms with E-state index in [4.69, 9.17) is 48.4 Å². The Balaban J connectivity index is 1.27. The van der Waals surface area contributed by atoms with Gasteiger partial charge in [0.15, 0.2) is 23.0 Å². The van der Waals surface area contributed by atoms with Crippen LogP contribution in [0.15, 0.2) is 85.5 Å². The first-order valence-electron chi connectivity index (χ1n) is 30.2. The molecule has 2 heterocycles. The Bertz CT molecular complexity index is 3220. The average Bonchev–Trinajstić information content (AvgIpc) is 1.80. The summed E-state index contributed by atoms with van der Waals surface area (Å²) in [4.78, 5) is 133. The number of benzene rings is 3. The number of ether oxygens (including phenoxy) is 9. The molecule has 0 radical (unpaired) electrons. The molecule has 3 aromatic rings. The number of amides is 9. The van der Waals surface area contributed by atoms with Gasteiger partial charge in [0, 0.05) is 51.3 Å². The van der Waals surface area contributed by atoms with Gasteiger partial charge in [-0.05, 0) is 101 Å². The fourth-order valence-corrected chi connectivity index (χ4v) is 9.74. The van der Waals surface area contributed by atoms with Gasteiger partial charge in [0.2, 0.25) is 11.8 Å². The third-order valence-corrected chi connectivity index (χ3v) is 14.2. The van der Waals surface area contributed by atoms with Crippen LogP contribution in [0.2, 0.25) is 0 Å². The number of hydrogen-bond acceptors (Lipinski definition) is 19. The molecule has 0 saturated carbocycles. The van der Waals surface area contributed by atoms with E-state index in [0.717, 1.165) is 5.57 Å². The maximum absolute atomic E-state index is 14.5. The molecule has 0 spiro atoms. The summed E-state index contributed by atoms with van der Waals surface area (Å²) < 4.78 is 50.3. The Morgan fingerprint density at radius 3 is 1.60 bits per heavy atom. The van der Waals surface area contributed by atoms with Crippen molar-refractivity contribution in [2.24, 2.45) is 11.7 Å². The van der Waals surface area contributed by atoms with Crippen molar-refractivity contribution in [1.82, 2.24) is 25.8 Å². The molecule has 2 aliphatic heterocycles. The highest BCUT2D eigenvalue weighted by atomic mass is 16.6. The molecule has 9 amide bonds. The number of carbonyl (C=O) groups is 10. The van der Waals surface area contributed by atoms with Crippen molar-refractivity contribution in [3.63, 3.8) is 0 Å². The van der Waals surface area contributed by atoms with Crippen molar-refractivity contribution in [1.29, 1.82) is 0 Å². The lowest BCUT2D eigenvalue weighted by atomic mass is 10.0. The summed E-state index contributed by atoms with van der Waals surface area (Å²) >= 11 is 0. The van der Waals surface area contributed by atoms with Crippen molar-refractivity contribution in [3.05, 3.63) is 102 Å². The van der Waals surface area contributed by atoms with Gasteiger partial charge < -0.3 is 79.4 Å². The van der Waals surface area contributed by atoms with E-state index < -0.39 is 95.6 Å². The summed E-state index contributed by atoms with van der Waals surface area (Å²) in [5, 5.41) is 15.8. The van der Waals surface area contributed by atoms with Gasteiger partial charge in [0.05, 0.1) is 62.0 Å². The predicted molar refractivity (Wildman–Crippen MR) is 342 cm³/mol. The molecule has 0 aromatic heterocycles. The predicted octanol–water partition coefficient (Wildman–Crippen LogP) is 7.90. The lowest BCUT2D eigenvalue weighted by Gasteiger charge is -2.27. The second-order valence-corrected chi connectivity index (χ2v) is 23.3. The number of unbranched alkanes of at least 4 members (excludes halogenated alkanes) is 2. The van der Waals surface area contributed by atoms with E-state index in [-0.39, 0.29) is 118 Å². The largest absolute Gasteiger partial charge is 0.493 e. The maximum atomic E-state index is 14.5. The molecule has 2 fully saturated rings. The quantitative estimate of drug-likeness (QED) is 0.0135. The molecular formula is C65H87N9O19. The van der Waals surface area contributed by atoms with Gasteiger partial charge in [0.1, 0.15) is 44.1 Å². The molecule has 8 N–H and O–H groups in total. The zero-order chi connectivity index (χ0) is 68.5. The van der Waals surface area contributed by atoms with Gasteiger partial charge in [-0.2, -0.15) is 0 Å². The number of alkyl carbamates (subject to hydrolysis) is 1. The summed E-state index contributed by atoms with van der Waals surface area (Å²) in [5.41, 5.74) is 6.81. The standard InChI is InChI=1S/C65H87N9O19/c1-13-24-89-62(82)70-50-31-54(52(85-11)29-47(50)59(79)73-33-39(4)27-45(73)36-90-41(6)75)87-25-15-14-16-26-88-55-32-51(48(30-53(55)86-12)60(80)74-34-40(5)28-46(74)37-91-42(7)76)71-63(83)92-35-43-19-21-44(22-20-43)68-57(77)49(18-17-23-67-61(66)81)69-58(78)56(38(2)3)72-64(84)93-65(8,9)10/h13,19-22,29-32,38,45-46,49,56H,1,4-5,14-18,23-28,33-37H2,2-3,6-12H3,(H,68,77)(H,69,78)(H,70,82)(H,71,83)(H,72,84)(H3,66,67,81). The highest BCUT2D eigenvalue weighted by Gasteiger charge is 2.37. The van der Waals surface area contributed by atoms with E-state index in [0.29, 0.717) is 48.9 Å². The van der Waals surface area contributed by atoms with Crippen molar-refractivity contribution >= 4 is 76.9 Å². The first-order chi connectivity index (χ1) is 44.1. The normalized spacial score (nSPS) is 14.9. The molecule has 93 heavy (non-hydrogen) atoms. The molecule has 4 atom stereocenters. The Labute approximate surface area is 540 Å². The number of nitrogens with one attached hydrogen (secondary N) is 6. The fraction of sp³-hybridized carbons (Fsp3) is 0.477. The van der Waals surface area contributed by atoms with Crippen LogP contribution in [0.4, 0.5) is 36.2 Å². The van der Waals surface area contributed by atoms with E-state index in [1.807, 2.05) is 0 Å². The Kier molecular flexibility index (Phi) is 28.2. The molecule has 28 heteroatoms. The third-order valence-electron chi connectivity index (χ3n) is 14.2. The summed E-state index contributed by atoms with van der Waals surface area (Å²) in [6.45, 7) is 22.9. The molecule has 2 aliphatic rings. The molecule has 0 bridgehead atoms. The first kappa shape index (κ1) is 73.7. The van der Waals surface area contributed by atoms with E-state index in [1.54, 1.807) is 58.9 Å². The van der Waals surface area contributed by atoms with Crippen LogP contribution in [0.5, 0.6) is 23.0 Å². The van der Waals surface area contributed by atoms with Gasteiger partial charge in [-0.3, -0.25) is 39.4 Å². The van der Waals surface area contributed by atoms with Crippen LogP contribution in [0.25, 0.3) is 0 Å². The van der Waals surface area contributed by atoms with Crippen molar-refractivity contribution in [3.8, 4) is 23.0 Å². The summed E-state index contributed by atoms with van der Waals surface area (Å²) in [7, 11) is 2.79. The molecule has 3 aromatic carbocycles. The highest BCUT2D eigenvalue weighted by Crippen LogP contribution is 2.38. The van der Waals surface area contributed by atoms with E-state index in [9.17, 15) is 47.9 Å². The topological polar surface area (TPSA) is 358 Å². The minimum atomic E-state index is -1.12. The SMILES string of the molecule is C=CCOC(=O)Nc1cc(OCCCCCOc2cc(NC(=O)OCc3ccc(NC(=O)C(CCCNC(N)=O)NC(=O)C(NC(=O)OC(C)(C)C)C(C)C)cc3)c(C(=O)N3CC(=C)CC3COC(C)=O)cc2OC)c(OC)cc1C(=O)N1CC(=C)CC1COC(C)=O. The average molecular weight is 1300 g/mol. The Hall–Kier alpha value is -10.0. The third kappa shape index (κ3) is 23.6. The van der Waals surface area contributed by atoms with Crippen molar-refractivity contribution in [2.75, 3.05) is 82.8 Å². The summed E-state index contributed by atoms with van der Waals surface area (Å²) in [6.07, 6.45) is 1.41. The zero-order valence-electron chi connectivity index (χ0n) is 54.2. The molecular weight excluding hydrogens is 1210 g/mol. The van der Waals surface area contributed by atoms with Gasteiger partial charge >= 0.3 is 36.2 Å². The van der Waals surface area contributed by atoms with Crippen LogP contribution < -0.4 is 56.6 Å². The Morgan fingerprint density at radius 1 is 0.645 bits per heavy atom. The zero-order valence-corrected chi connectivity index (χ0v) is 54.2. The minimum Gasteiger partial charge on any atom is -0.493 e. The van der Waals surface area contributed by atoms with Gasteiger partial charge in [-0.15, -0.1) is 0 Å². The summed E-state index contributed by atoms with van der Waals surface area (Å²) in [6, 6.07) is 8.06. The van der Waals surface area contributed by atoms with E-state index in [2.05, 4.69) is 51.6 Å². The van der Waals surface area contributed by atoms with Crippen LogP contribution in [0.3, 0.4) is 0 Å². The van der Waals surface area contributed by atoms with E-state index in [1.165, 1.54) is 68.2 Å². The van der Waals surface area contributed by atoms with Crippen LogP contribution >= 0.6 is 0 Å². The smallest absolute Gasteiger partial charge is 0.411 e. The van der Waals surface area contributed by atoms with E-state index >= 15 is 0 Å². The number of primary amides is 1. The lowest BCUT2D eigenvalue weighted by molar-refractivity contribution is -0.143. The van der Waals surface area contributed by atoms with Gasteiger partial charge in [0.25, 0.3) is 11.8 Å². The number of nitrogens with two attached hydrogens (primary N) is 1. The van der Waals surface area contributed by atoms with Crippen molar-refractivity contribution < 1.29 is 90.6 Å². The molecule has 4 unspecified atom stereocenters. The number of esters is 2. The number of urea groups is 1. The lowest BCUT2D eigenvalue weighted by Crippen LogP contribution is -2.55. The van der Waals surface area contributed by atoms with Gasteiger partial charge in [-0.25, -0.2) is 19.2 Å². The number of methoxy groups -OCH3 is 2. The van der Waals surface area contributed by atoms with Crippen LogP contribution in [0.1, 0.15) is 120 Å². The van der Waals surface area contributed by atoms with Crippen molar-refractivity contribution in [2.45, 2.75) is 130 Å². The highest BCUT2D eigenvalue weighted by molar-refractivity contribution is 6.05. The Morgan fingerprint density at radius 2 is 1.15 bits per heavy atom. The maximum Gasteiger partial charge on any atom is 0.411 e. The number of rotatable bonds is 32. The molecule has 0 aliphatic carbocycles. The molecule has 28 nitrogen and oxygen atoms in total. The number of likely N-dealkylation sites (tertiary alicyclic amines) is 2. The number of nitrogens with zero attached hydrogens (tertiary/aromatic N) is 2. The number of carbonyl (C=O) groups excluding carboxylic acids is 10. The summed E-state index contributed by atoms with van der Waals surface area (Å²) in [5.74, 6) is -2.96. The molecule has 5 rings (SSSR count). The fourth-order valence-electron chi connectivity index (χ4n) is 9.74. The van der Waals surface area contributed by atoms with Gasteiger partial charge in [-0.1, -0.05) is 62.9 Å². The second kappa shape index (κ2) is 35.5. The molecule has 2 saturated heterocycles. The molecule has 506 valence electrons. The monoisotopic (exact) mass is 1300 g/mol. The van der Waals surface area contributed by atoms with Crippen LogP contribution in [-0.2, 0) is 49.5 Å². The minimum absolute atomic E-state index is 0.000549. The number of anilines is 3. The second-order valence-electron chi connectivity index (χ2n) is 23.3. The number of hydrogen-bond donors (Lipinski definition) is 7. The van der Waals surface area contributed by atoms with Crippen LogP contribution in [-0.4, -0.2) is 166 Å². The first-order valence-corrected chi connectivity index (χ1v) is 30.2. The van der Waals surface area contributed by atoms with Crippen LogP contribution in [0, 0.1) is 5.92 Å².